The lowest BCUT2D eigenvalue weighted by molar-refractivity contribution is -0.113. The molecule has 0 bridgehead atoms. The summed E-state index contributed by atoms with van der Waals surface area (Å²) >= 11 is 0. The molecular formula is C12H14N2O2. The topological polar surface area (TPSA) is 62.5 Å². The highest BCUT2D eigenvalue weighted by Crippen LogP contribution is 2.09. The number of aliphatic hydroxyl groups excluding tert-OH is 1. The lowest BCUT2D eigenvalue weighted by Crippen LogP contribution is -2.01. The van der Waals surface area contributed by atoms with E-state index < -0.39 is 0 Å². The Hall–Kier alpha value is -1.97. The van der Waals surface area contributed by atoms with E-state index in [0.29, 0.717) is 5.82 Å². The first-order valence-electron chi connectivity index (χ1n) is 4.88. The molecule has 0 unspecified atom stereocenters. The average Bonchev–Trinajstić information content (AvgIpc) is 2.20. The van der Waals surface area contributed by atoms with Crippen molar-refractivity contribution in [3.8, 4) is 0 Å². The van der Waals surface area contributed by atoms with Crippen LogP contribution >= 0.6 is 0 Å². The molecule has 1 heterocycles. The average molecular weight is 218 g/mol. The zero-order valence-electron chi connectivity index (χ0n) is 9.56. The van der Waals surface area contributed by atoms with Crippen LogP contribution in [0.2, 0.25) is 0 Å². The number of hydrogen-bond donors (Lipinski definition) is 1. The highest BCUT2D eigenvalue weighted by molar-refractivity contribution is 6.12. The number of aromatic nitrogens is 1. The number of carbonyl (C=O) groups excluding carboxylic acids is 1. The quantitative estimate of drug-likeness (QED) is 0.481. The molecular weight excluding hydrogens is 204 g/mol. The van der Waals surface area contributed by atoms with Gasteiger partial charge in [0.2, 0.25) is 0 Å². The van der Waals surface area contributed by atoms with Crippen molar-refractivity contribution in [2.45, 2.75) is 20.8 Å². The molecule has 0 fully saturated rings. The molecule has 0 atom stereocenters. The largest absolute Gasteiger partial charge is 0.512 e. The molecule has 0 radical (unpaired) electrons. The number of carbonyl (C=O) groups is 1. The van der Waals surface area contributed by atoms with Gasteiger partial charge in [0.15, 0.2) is 11.6 Å². The molecule has 1 aromatic rings. The Kier molecular flexibility index (Phi) is 3.94. The van der Waals surface area contributed by atoms with E-state index in [-0.39, 0.29) is 17.1 Å². The maximum absolute atomic E-state index is 11.1. The summed E-state index contributed by atoms with van der Waals surface area (Å²) < 4.78 is 0. The third-order valence-electron chi connectivity index (χ3n) is 1.99. The van der Waals surface area contributed by atoms with E-state index in [1.54, 1.807) is 12.3 Å². The van der Waals surface area contributed by atoms with Crippen LogP contribution in [0.5, 0.6) is 0 Å². The van der Waals surface area contributed by atoms with Gasteiger partial charge in [0, 0.05) is 12.4 Å². The monoisotopic (exact) mass is 218 g/mol. The first-order valence-corrected chi connectivity index (χ1v) is 4.88. The summed E-state index contributed by atoms with van der Waals surface area (Å²) in [5.74, 6) is 0.241. The fourth-order valence-electron chi connectivity index (χ4n) is 1.11. The lowest BCUT2D eigenvalue weighted by Gasteiger charge is -1.97. The zero-order chi connectivity index (χ0) is 12.1. The van der Waals surface area contributed by atoms with Crippen LogP contribution in [-0.4, -0.2) is 22.1 Å². The van der Waals surface area contributed by atoms with E-state index in [0.717, 1.165) is 5.56 Å². The Labute approximate surface area is 94.4 Å². The Morgan fingerprint density at radius 3 is 2.56 bits per heavy atom. The van der Waals surface area contributed by atoms with Gasteiger partial charge < -0.3 is 5.11 Å². The van der Waals surface area contributed by atoms with Crippen LogP contribution in [0.4, 0.5) is 5.82 Å². The van der Waals surface area contributed by atoms with Crippen LogP contribution in [-0.2, 0) is 4.79 Å². The van der Waals surface area contributed by atoms with Crippen LogP contribution in [0.25, 0.3) is 0 Å². The number of rotatable bonds is 3. The van der Waals surface area contributed by atoms with Gasteiger partial charge in [0.1, 0.15) is 5.76 Å². The van der Waals surface area contributed by atoms with Gasteiger partial charge in [-0.3, -0.25) is 4.79 Å². The Morgan fingerprint density at radius 1 is 1.44 bits per heavy atom. The number of aliphatic hydroxyl groups is 1. The summed E-state index contributed by atoms with van der Waals surface area (Å²) in [6.07, 6.45) is 3.02. The summed E-state index contributed by atoms with van der Waals surface area (Å²) in [5, 5.41) is 9.25. The fraction of sp³-hybridized carbons (Fsp3) is 0.250. The van der Waals surface area contributed by atoms with Crippen molar-refractivity contribution in [3.63, 3.8) is 0 Å². The minimum atomic E-state index is -0.226. The molecule has 84 valence electrons. The minimum Gasteiger partial charge on any atom is -0.512 e. The molecule has 0 aliphatic rings. The van der Waals surface area contributed by atoms with Crippen molar-refractivity contribution < 1.29 is 9.90 Å². The van der Waals surface area contributed by atoms with E-state index in [9.17, 15) is 9.90 Å². The minimum absolute atomic E-state index is 0.0386. The maximum Gasteiger partial charge on any atom is 0.164 e. The third kappa shape index (κ3) is 3.31. The van der Waals surface area contributed by atoms with Gasteiger partial charge in [-0.1, -0.05) is 6.07 Å². The van der Waals surface area contributed by atoms with Crippen LogP contribution in [0.1, 0.15) is 19.4 Å². The van der Waals surface area contributed by atoms with Crippen LogP contribution in [0.3, 0.4) is 0 Å². The van der Waals surface area contributed by atoms with Gasteiger partial charge >= 0.3 is 0 Å². The SMILES string of the molecule is CC(=O)C(C=Nc1ccc(C)cn1)=C(C)O. The number of allylic oxidation sites excluding steroid dienone is 2. The van der Waals surface area contributed by atoms with Gasteiger partial charge in [-0.25, -0.2) is 9.98 Å². The second-order valence-corrected chi connectivity index (χ2v) is 3.51. The fourth-order valence-corrected chi connectivity index (χ4v) is 1.11. The molecule has 16 heavy (non-hydrogen) atoms. The van der Waals surface area contributed by atoms with E-state index in [2.05, 4.69) is 9.98 Å². The Morgan fingerprint density at radius 2 is 2.12 bits per heavy atom. The van der Waals surface area contributed by atoms with Crippen molar-refractivity contribution in [2.75, 3.05) is 0 Å². The molecule has 0 aliphatic heterocycles. The van der Waals surface area contributed by atoms with Crippen molar-refractivity contribution in [1.29, 1.82) is 0 Å². The van der Waals surface area contributed by atoms with Gasteiger partial charge in [0.05, 0.1) is 5.57 Å². The van der Waals surface area contributed by atoms with Crippen LogP contribution in [0, 0.1) is 6.92 Å². The highest BCUT2D eigenvalue weighted by atomic mass is 16.3. The predicted octanol–water partition coefficient (Wildman–Crippen LogP) is 2.51. The van der Waals surface area contributed by atoms with Crippen LogP contribution in [0.15, 0.2) is 34.7 Å². The van der Waals surface area contributed by atoms with Crippen molar-refractivity contribution >= 4 is 17.8 Å². The molecule has 0 aromatic carbocycles. The molecule has 4 nitrogen and oxygen atoms in total. The standard InChI is InChI=1S/C12H14N2O2/c1-8-4-5-12(13-6-8)14-7-11(9(2)15)10(3)16/h4-7,15H,1-3H3. The normalized spacial score (nSPS) is 12.7. The van der Waals surface area contributed by atoms with Crippen molar-refractivity contribution in [3.05, 3.63) is 35.2 Å². The number of ketones is 1. The third-order valence-corrected chi connectivity index (χ3v) is 1.99. The summed E-state index contributed by atoms with van der Waals surface area (Å²) in [5.41, 5.74) is 1.24. The summed E-state index contributed by atoms with van der Waals surface area (Å²) in [7, 11) is 0. The number of nitrogens with zero attached hydrogens (tertiary/aromatic N) is 2. The molecule has 4 heteroatoms. The van der Waals surface area contributed by atoms with E-state index >= 15 is 0 Å². The number of pyridine rings is 1. The van der Waals surface area contributed by atoms with E-state index in [1.807, 2.05) is 13.0 Å². The molecule has 0 spiro atoms. The molecule has 1 aromatic heterocycles. The van der Waals surface area contributed by atoms with Gasteiger partial charge in [-0.2, -0.15) is 0 Å². The predicted molar refractivity (Wildman–Crippen MR) is 63.1 cm³/mol. The number of hydrogen-bond acceptors (Lipinski definition) is 4. The molecule has 1 rings (SSSR count). The Balaban J connectivity index is 2.92. The van der Waals surface area contributed by atoms with Crippen molar-refractivity contribution in [2.24, 2.45) is 4.99 Å². The molecule has 0 amide bonds. The van der Waals surface area contributed by atoms with E-state index in [4.69, 9.17) is 0 Å². The molecule has 0 saturated carbocycles. The summed E-state index contributed by atoms with van der Waals surface area (Å²) in [4.78, 5) is 19.2. The van der Waals surface area contributed by atoms with E-state index in [1.165, 1.54) is 20.1 Å². The van der Waals surface area contributed by atoms with Gasteiger partial charge in [0.25, 0.3) is 0 Å². The maximum atomic E-state index is 11.1. The molecule has 0 aliphatic carbocycles. The zero-order valence-corrected chi connectivity index (χ0v) is 9.56. The molecule has 1 N–H and O–H groups in total. The second kappa shape index (κ2) is 5.21. The van der Waals surface area contributed by atoms with Crippen LogP contribution < -0.4 is 0 Å². The second-order valence-electron chi connectivity index (χ2n) is 3.51. The van der Waals surface area contributed by atoms with Crippen molar-refractivity contribution in [1.82, 2.24) is 4.98 Å². The first-order chi connectivity index (χ1) is 7.50. The smallest absolute Gasteiger partial charge is 0.164 e. The Bertz CT molecular complexity index is 441. The number of Topliss-reactive ketones (excluding diaryl/α,β-unsaturated/α-hetero) is 1. The van der Waals surface area contributed by atoms with Gasteiger partial charge in [-0.05, 0) is 32.4 Å². The number of aliphatic imine (C=N–C) groups is 1. The number of aryl methyl sites for hydroxylation is 1. The summed E-state index contributed by atoms with van der Waals surface area (Å²) in [6.45, 7) is 4.76. The first kappa shape index (κ1) is 12.1. The summed E-state index contributed by atoms with van der Waals surface area (Å²) in [6, 6.07) is 3.62. The molecule has 0 saturated heterocycles. The lowest BCUT2D eigenvalue weighted by atomic mass is 10.2. The highest BCUT2D eigenvalue weighted by Gasteiger charge is 2.04. The van der Waals surface area contributed by atoms with Gasteiger partial charge in [-0.15, -0.1) is 0 Å².